The highest BCUT2D eigenvalue weighted by atomic mass is 32.2. The van der Waals surface area contributed by atoms with Crippen molar-refractivity contribution < 1.29 is 12.8 Å². The van der Waals surface area contributed by atoms with Crippen LogP contribution in [-0.4, -0.2) is 35.4 Å². The summed E-state index contributed by atoms with van der Waals surface area (Å²) in [5, 5.41) is 0.879. The quantitative estimate of drug-likeness (QED) is 0.371. The molecule has 5 rings (SSSR count). The number of nitrogens with zero attached hydrogens (tertiary/aromatic N) is 3. The minimum absolute atomic E-state index is 0.190. The molecule has 0 N–H and O–H groups in total. The summed E-state index contributed by atoms with van der Waals surface area (Å²) in [7, 11) is -3.54. The molecule has 0 spiro atoms. The molecule has 182 valence electrons. The molecule has 1 aliphatic carbocycles. The zero-order chi connectivity index (χ0) is 23.9. The Balaban J connectivity index is 1.49. The van der Waals surface area contributed by atoms with E-state index in [9.17, 15) is 12.8 Å². The Morgan fingerprint density at radius 1 is 1.09 bits per heavy atom. The van der Waals surface area contributed by atoms with Gasteiger partial charge in [0.2, 0.25) is 10.0 Å². The number of halogens is 1. The third kappa shape index (κ3) is 4.64. The normalized spacial score (nSPS) is 20.4. The van der Waals surface area contributed by atoms with Crippen molar-refractivity contribution in [1.29, 1.82) is 0 Å². The van der Waals surface area contributed by atoms with Gasteiger partial charge in [-0.2, -0.15) is 4.31 Å². The van der Waals surface area contributed by atoms with Crippen LogP contribution in [0.2, 0.25) is 0 Å². The van der Waals surface area contributed by atoms with Gasteiger partial charge >= 0.3 is 0 Å². The Bertz CT molecular complexity index is 1300. The van der Waals surface area contributed by atoms with Crippen LogP contribution in [0.15, 0.2) is 46.5 Å². The fourth-order valence-corrected chi connectivity index (χ4v) is 7.87. The van der Waals surface area contributed by atoms with Crippen LogP contribution in [0.4, 0.5) is 4.39 Å². The molecule has 1 aliphatic heterocycles. The van der Waals surface area contributed by atoms with Crippen LogP contribution >= 0.6 is 11.8 Å². The number of hydrogen-bond acceptors (Lipinski definition) is 4. The van der Waals surface area contributed by atoms with E-state index in [-0.39, 0.29) is 5.82 Å². The summed E-state index contributed by atoms with van der Waals surface area (Å²) in [6, 6.07) is 11.1. The average Bonchev–Trinajstić information content (AvgIpc) is 3.46. The minimum atomic E-state index is -3.54. The molecule has 1 atom stereocenters. The van der Waals surface area contributed by atoms with Crippen LogP contribution in [0.1, 0.15) is 62.6 Å². The minimum Gasteiger partial charge on any atom is -0.316 e. The van der Waals surface area contributed by atoms with E-state index in [0.29, 0.717) is 41.3 Å². The maximum absolute atomic E-state index is 14.0. The van der Waals surface area contributed by atoms with E-state index >= 15 is 0 Å². The van der Waals surface area contributed by atoms with Crippen LogP contribution in [-0.2, 0) is 15.8 Å². The van der Waals surface area contributed by atoms with E-state index < -0.39 is 10.0 Å². The number of fused-ring (bicyclic) bond motifs is 1. The third-order valence-electron chi connectivity index (χ3n) is 7.18. The van der Waals surface area contributed by atoms with Crippen LogP contribution in [0.25, 0.3) is 11.0 Å². The van der Waals surface area contributed by atoms with Gasteiger partial charge < -0.3 is 4.57 Å². The van der Waals surface area contributed by atoms with Gasteiger partial charge in [0.05, 0.1) is 15.9 Å². The summed E-state index contributed by atoms with van der Waals surface area (Å²) < 4.78 is 44.6. The highest BCUT2D eigenvalue weighted by Gasteiger charge is 2.30. The average molecular weight is 502 g/mol. The van der Waals surface area contributed by atoms with E-state index in [1.807, 2.05) is 18.2 Å². The molecule has 34 heavy (non-hydrogen) atoms. The van der Waals surface area contributed by atoms with E-state index in [4.69, 9.17) is 4.98 Å². The summed E-state index contributed by atoms with van der Waals surface area (Å²) in [5.74, 6) is 0.803. The summed E-state index contributed by atoms with van der Waals surface area (Å²) in [5.41, 5.74) is 3.26. The van der Waals surface area contributed by atoms with E-state index in [2.05, 4.69) is 11.5 Å². The predicted molar refractivity (Wildman–Crippen MR) is 135 cm³/mol. The van der Waals surface area contributed by atoms with Crippen molar-refractivity contribution in [2.75, 3.05) is 13.1 Å². The zero-order valence-electron chi connectivity index (χ0n) is 19.8. The van der Waals surface area contributed by atoms with E-state index in [0.717, 1.165) is 47.4 Å². The fourth-order valence-electron chi connectivity index (χ4n) is 5.22. The second kappa shape index (κ2) is 9.63. The van der Waals surface area contributed by atoms with Crippen LogP contribution in [0, 0.1) is 18.7 Å². The summed E-state index contributed by atoms with van der Waals surface area (Å²) in [6.07, 6.45) is 6.56. The van der Waals surface area contributed by atoms with Gasteiger partial charge in [-0.3, -0.25) is 0 Å². The van der Waals surface area contributed by atoms with Crippen LogP contribution in [0.5, 0.6) is 0 Å². The number of rotatable bonds is 6. The van der Waals surface area contributed by atoms with Gasteiger partial charge in [0, 0.05) is 24.9 Å². The van der Waals surface area contributed by atoms with Crippen molar-refractivity contribution in [3.05, 3.63) is 53.3 Å². The van der Waals surface area contributed by atoms with Crippen molar-refractivity contribution in [3.63, 3.8) is 0 Å². The van der Waals surface area contributed by atoms with E-state index in [1.54, 1.807) is 41.2 Å². The summed E-state index contributed by atoms with van der Waals surface area (Å²) in [4.78, 5) is 5.22. The molecule has 1 saturated carbocycles. The van der Waals surface area contributed by atoms with Gasteiger partial charge in [-0.25, -0.2) is 17.8 Å². The Morgan fingerprint density at radius 2 is 1.88 bits per heavy atom. The fraction of sp³-hybridized carbons (Fsp3) is 0.500. The molecule has 2 fully saturated rings. The lowest BCUT2D eigenvalue weighted by Crippen LogP contribution is -2.39. The van der Waals surface area contributed by atoms with Crippen LogP contribution < -0.4 is 0 Å². The molecule has 0 unspecified atom stereocenters. The lowest BCUT2D eigenvalue weighted by Gasteiger charge is -2.30. The first-order chi connectivity index (χ1) is 16.3. The molecule has 1 aromatic heterocycles. The summed E-state index contributed by atoms with van der Waals surface area (Å²) >= 11 is 1.59. The van der Waals surface area contributed by atoms with Crippen molar-refractivity contribution in [2.24, 2.45) is 5.92 Å². The van der Waals surface area contributed by atoms with Crippen molar-refractivity contribution >= 4 is 32.8 Å². The monoisotopic (exact) mass is 501 g/mol. The van der Waals surface area contributed by atoms with Crippen LogP contribution in [0.3, 0.4) is 0 Å². The molecule has 5 nitrogen and oxygen atoms in total. The molecule has 8 heteroatoms. The Kier molecular flexibility index (Phi) is 6.75. The van der Waals surface area contributed by atoms with Gasteiger partial charge in [0.15, 0.2) is 5.16 Å². The SMILES string of the molecule is Cc1ccc(CSc2nc3cc(S(=O)(=O)N4CCC[C@@H](C)C4)ccc3n2C2CCCC2)cc1F. The predicted octanol–water partition coefficient (Wildman–Crippen LogP) is 6.31. The largest absolute Gasteiger partial charge is 0.316 e. The molecule has 0 amide bonds. The van der Waals surface area contributed by atoms with Gasteiger partial charge in [-0.1, -0.05) is 43.7 Å². The van der Waals surface area contributed by atoms with Gasteiger partial charge in [0.1, 0.15) is 5.82 Å². The molecule has 0 bridgehead atoms. The number of sulfonamides is 1. The molecule has 2 aliphatic rings. The van der Waals surface area contributed by atoms with Gasteiger partial charge in [-0.05, 0) is 73.9 Å². The Hall–Kier alpha value is -1.90. The standard InChI is InChI=1S/C26H32FN3O2S2/c1-18-6-5-13-29(16-18)34(31,32)22-11-12-25-24(15-22)28-26(30(25)21-7-3-4-8-21)33-17-20-10-9-19(2)23(27)14-20/h9-12,14-15,18,21H,3-8,13,16-17H2,1-2H3/t18-/m1/s1. The molecule has 1 saturated heterocycles. The van der Waals surface area contributed by atoms with Gasteiger partial charge in [-0.15, -0.1) is 0 Å². The third-order valence-corrected chi connectivity index (χ3v) is 10.1. The van der Waals surface area contributed by atoms with Gasteiger partial charge in [0.25, 0.3) is 0 Å². The molecule has 2 heterocycles. The Morgan fingerprint density at radius 3 is 2.62 bits per heavy atom. The van der Waals surface area contributed by atoms with Crippen molar-refractivity contribution in [2.45, 2.75) is 74.2 Å². The number of imidazole rings is 1. The second-order valence-corrected chi connectivity index (χ2v) is 12.7. The first-order valence-corrected chi connectivity index (χ1v) is 14.7. The number of aryl methyl sites for hydroxylation is 1. The van der Waals surface area contributed by atoms with Crippen molar-refractivity contribution in [1.82, 2.24) is 13.9 Å². The topological polar surface area (TPSA) is 55.2 Å². The van der Waals surface area contributed by atoms with Crippen molar-refractivity contribution in [3.8, 4) is 0 Å². The smallest absolute Gasteiger partial charge is 0.243 e. The lowest BCUT2D eigenvalue weighted by atomic mass is 10.0. The maximum atomic E-state index is 14.0. The molecular formula is C26H32FN3O2S2. The summed E-state index contributed by atoms with van der Waals surface area (Å²) in [6.45, 7) is 5.03. The lowest BCUT2D eigenvalue weighted by molar-refractivity contribution is 0.281. The Labute approximate surface area is 205 Å². The number of piperidine rings is 1. The highest BCUT2D eigenvalue weighted by Crippen LogP contribution is 2.38. The molecular weight excluding hydrogens is 469 g/mol. The number of aromatic nitrogens is 2. The number of benzene rings is 2. The molecule has 3 aromatic rings. The number of hydrogen-bond donors (Lipinski definition) is 0. The maximum Gasteiger partial charge on any atom is 0.243 e. The molecule has 0 radical (unpaired) electrons. The zero-order valence-corrected chi connectivity index (χ0v) is 21.5. The highest BCUT2D eigenvalue weighted by molar-refractivity contribution is 7.98. The first kappa shape index (κ1) is 23.8. The second-order valence-electron chi connectivity index (χ2n) is 9.84. The number of thioether (sulfide) groups is 1. The first-order valence-electron chi connectivity index (χ1n) is 12.2. The van der Waals surface area contributed by atoms with E-state index in [1.165, 1.54) is 12.8 Å². The molecule has 2 aromatic carbocycles.